The number of para-hydroxylation sites is 2. The van der Waals surface area contributed by atoms with Crippen molar-refractivity contribution in [2.45, 2.75) is 19.4 Å². The normalized spacial score (nSPS) is 17.8. The van der Waals surface area contributed by atoms with Crippen LogP contribution in [0.2, 0.25) is 0 Å². The number of imide groups is 1. The van der Waals surface area contributed by atoms with Gasteiger partial charge in [0.25, 0.3) is 5.91 Å². The fourth-order valence-corrected chi connectivity index (χ4v) is 2.50. The second kappa shape index (κ2) is 7.65. The molecule has 1 heterocycles. The summed E-state index contributed by atoms with van der Waals surface area (Å²) in [4.78, 5) is 48.1. The molecule has 0 radical (unpaired) electrons. The number of hydrogen-bond acceptors (Lipinski definition) is 6. The van der Waals surface area contributed by atoms with Crippen LogP contribution in [0.3, 0.4) is 0 Å². The molecule has 4 amide bonds. The molecule has 0 spiro atoms. The molecule has 0 bridgehead atoms. The average molecular weight is 349 g/mol. The monoisotopic (exact) mass is 349 g/mol. The van der Waals surface area contributed by atoms with Crippen LogP contribution in [0.5, 0.6) is 5.75 Å². The summed E-state index contributed by atoms with van der Waals surface area (Å²) in [6, 6.07) is 5.92. The summed E-state index contributed by atoms with van der Waals surface area (Å²) < 4.78 is 10.2. The van der Waals surface area contributed by atoms with Gasteiger partial charge in [-0.2, -0.15) is 0 Å². The summed E-state index contributed by atoms with van der Waals surface area (Å²) in [5.74, 6) is -1.98. The SMILES string of the molecule is COc1ccccc1N1C[C@@H](C(=O)O[C@H](C)C(=O)NC(N)=O)CC1=O. The number of ether oxygens (including phenoxy) is 2. The molecule has 9 heteroatoms. The van der Waals surface area contributed by atoms with Crippen molar-refractivity contribution in [2.24, 2.45) is 11.7 Å². The van der Waals surface area contributed by atoms with E-state index in [0.717, 1.165) is 0 Å². The minimum Gasteiger partial charge on any atom is -0.495 e. The molecule has 1 aliphatic rings. The molecule has 1 aromatic rings. The van der Waals surface area contributed by atoms with Crippen LogP contribution in [-0.2, 0) is 19.1 Å². The number of methoxy groups -OCH3 is 1. The Bertz CT molecular complexity index is 705. The maximum Gasteiger partial charge on any atom is 0.318 e. The second-order valence-electron chi connectivity index (χ2n) is 5.51. The van der Waals surface area contributed by atoms with Gasteiger partial charge in [0.15, 0.2) is 6.10 Å². The predicted molar refractivity (Wildman–Crippen MR) is 86.7 cm³/mol. The summed E-state index contributed by atoms with van der Waals surface area (Å²) in [5, 5.41) is 1.83. The Balaban J connectivity index is 2.03. The molecule has 0 saturated carbocycles. The van der Waals surface area contributed by atoms with Crippen LogP contribution in [0, 0.1) is 5.92 Å². The van der Waals surface area contributed by atoms with Crippen LogP contribution >= 0.6 is 0 Å². The third-order valence-corrected chi connectivity index (χ3v) is 3.74. The van der Waals surface area contributed by atoms with E-state index < -0.39 is 29.9 Å². The molecular formula is C16H19N3O6. The first-order valence-corrected chi connectivity index (χ1v) is 7.57. The number of primary amides is 1. The van der Waals surface area contributed by atoms with E-state index in [9.17, 15) is 19.2 Å². The van der Waals surface area contributed by atoms with Crippen LogP contribution in [0.15, 0.2) is 24.3 Å². The van der Waals surface area contributed by atoms with E-state index in [1.165, 1.54) is 18.9 Å². The molecule has 1 fully saturated rings. The van der Waals surface area contributed by atoms with Crippen LogP contribution in [0.25, 0.3) is 0 Å². The first-order chi connectivity index (χ1) is 11.8. The quantitative estimate of drug-likeness (QED) is 0.730. The zero-order valence-electron chi connectivity index (χ0n) is 13.9. The maximum atomic E-state index is 12.2. The van der Waals surface area contributed by atoms with E-state index in [1.807, 2.05) is 5.32 Å². The van der Waals surface area contributed by atoms with Crippen molar-refractivity contribution in [3.05, 3.63) is 24.3 Å². The van der Waals surface area contributed by atoms with Crippen LogP contribution < -0.4 is 20.7 Å². The van der Waals surface area contributed by atoms with Gasteiger partial charge in [-0.25, -0.2) is 4.79 Å². The molecule has 0 aromatic heterocycles. The van der Waals surface area contributed by atoms with E-state index in [-0.39, 0.29) is 18.9 Å². The van der Waals surface area contributed by atoms with E-state index in [0.29, 0.717) is 11.4 Å². The highest BCUT2D eigenvalue weighted by Crippen LogP contribution is 2.33. The van der Waals surface area contributed by atoms with Crippen molar-refractivity contribution in [1.29, 1.82) is 0 Å². The van der Waals surface area contributed by atoms with Crippen LogP contribution in [-0.4, -0.2) is 43.6 Å². The fourth-order valence-electron chi connectivity index (χ4n) is 2.50. The van der Waals surface area contributed by atoms with Gasteiger partial charge in [0.1, 0.15) is 5.75 Å². The number of anilines is 1. The number of hydrogen-bond donors (Lipinski definition) is 2. The molecular weight excluding hydrogens is 330 g/mol. The molecule has 1 aromatic carbocycles. The molecule has 25 heavy (non-hydrogen) atoms. The zero-order valence-corrected chi connectivity index (χ0v) is 13.9. The fraction of sp³-hybridized carbons (Fsp3) is 0.375. The van der Waals surface area contributed by atoms with Crippen molar-refractivity contribution in [2.75, 3.05) is 18.6 Å². The first-order valence-electron chi connectivity index (χ1n) is 7.57. The minimum atomic E-state index is -1.20. The number of amides is 4. The van der Waals surface area contributed by atoms with E-state index in [2.05, 4.69) is 0 Å². The lowest BCUT2D eigenvalue weighted by Crippen LogP contribution is -2.42. The van der Waals surface area contributed by atoms with Gasteiger partial charge in [-0.05, 0) is 19.1 Å². The molecule has 0 unspecified atom stereocenters. The summed E-state index contributed by atoms with van der Waals surface area (Å²) >= 11 is 0. The second-order valence-corrected chi connectivity index (χ2v) is 5.51. The number of urea groups is 1. The van der Waals surface area contributed by atoms with E-state index >= 15 is 0 Å². The third-order valence-electron chi connectivity index (χ3n) is 3.74. The highest BCUT2D eigenvalue weighted by molar-refractivity contribution is 6.01. The van der Waals surface area contributed by atoms with Gasteiger partial charge < -0.3 is 20.1 Å². The number of rotatable bonds is 5. The Labute approximate surface area is 144 Å². The van der Waals surface area contributed by atoms with E-state index in [1.54, 1.807) is 24.3 Å². The number of benzene rings is 1. The van der Waals surface area contributed by atoms with Gasteiger partial charge in [0, 0.05) is 13.0 Å². The molecule has 9 nitrogen and oxygen atoms in total. The lowest BCUT2D eigenvalue weighted by molar-refractivity contribution is -0.158. The Morgan fingerprint density at radius 3 is 2.64 bits per heavy atom. The highest BCUT2D eigenvalue weighted by atomic mass is 16.5. The topological polar surface area (TPSA) is 128 Å². The average Bonchev–Trinajstić information content (AvgIpc) is 2.95. The summed E-state index contributed by atoms with van der Waals surface area (Å²) in [6.45, 7) is 1.42. The van der Waals surface area contributed by atoms with Crippen LogP contribution in [0.1, 0.15) is 13.3 Å². The van der Waals surface area contributed by atoms with Gasteiger partial charge in [0.05, 0.1) is 18.7 Å². The number of nitrogens with zero attached hydrogens (tertiary/aromatic N) is 1. The first kappa shape index (κ1) is 18.2. The lowest BCUT2D eigenvalue weighted by Gasteiger charge is -2.19. The van der Waals surface area contributed by atoms with E-state index in [4.69, 9.17) is 15.2 Å². The molecule has 0 aliphatic carbocycles. The van der Waals surface area contributed by atoms with Crippen molar-refractivity contribution in [1.82, 2.24) is 5.32 Å². The number of esters is 1. The Morgan fingerprint density at radius 2 is 2.00 bits per heavy atom. The van der Waals surface area contributed by atoms with Crippen molar-refractivity contribution < 1.29 is 28.7 Å². The third kappa shape index (κ3) is 4.25. The number of nitrogens with two attached hydrogens (primary N) is 1. The largest absolute Gasteiger partial charge is 0.495 e. The Kier molecular flexibility index (Phi) is 5.58. The van der Waals surface area contributed by atoms with Gasteiger partial charge >= 0.3 is 12.0 Å². The smallest absolute Gasteiger partial charge is 0.318 e. The van der Waals surface area contributed by atoms with Crippen molar-refractivity contribution >= 4 is 29.5 Å². The molecule has 2 atom stereocenters. The molecule has 3 N–H and O–H groups in total. The standard InChI is InChI=1S/C16H19N3O6/c1-9(14(21)18-16(17)23)25-15(22)10-7-13(20)19(8-10)11-5-3-4-6-12(11)24-2/h3-6,9-10H,7-8H2,1-2H3,(H3,17,18,21,23)/t9-,10+/m1/s1. The minimum absolute atomic E-state index is 0.0406. The van der Waals surface area contributed by atoms with Gasteiger partial charge in [-0.15, -0.1) is 0 Å². The molecule has 134 valence electrons. The molecule has 1 saturated heterocycles. The van der Waals surface area contributed by atoms with Gasteiger partial charge in [-0.3, -0.25) is 19.7 Å². The summed E-state index contributed by atoms with van der Waals surface area (Å²) in [5.41, 5.74) is 5.40. The van der Waals surface area contributed by atoms with Crippen molar-refractivity contribution in [3.63, 3.8) is 0 Å². The summed E-state index contributed by atoms with van der Waals surface area (Å²) in [7, 11) is 1.49. The lowest BCUT2D eigenvalue weighted by atomic mass is 10.1. The van der Waals surface area contributed by atoms with Gasteiger partial charge in [-0.1, -0.05) is 12.1 Å². The van der Waals surface area contributed by atoms with Crippen LogP contribution in [0.4, 0.5) is 10.5 Å². The van der Waals surface area contributed by atoms with Crippen molar-refractivity contribution in [3.8, 4) is 5.75 Å². The molecule has 2 rings (SSSR count). The number of carbonyl (C=O) groups excluding carboxylic acids is 4. The van der Waals surface area contributed by atoms with Gasteiger partial charge in [0.2, 0.25) is 5.91 Å². The Morgan fingerprint density at radius 1 is 1.32 bits per heavy atom. The predicted octanol–water partition coefficient (Wildman–Crippen LogP) is 0.175. The zero-order chi connectivity index (χ0) is 18.6. The number of nitrogens with one attached hydrogen (secondary N) is 1. The molecule has 1 aliphatic heterocycles. The summed E-state index contributed by atoms with van der Waals surface area (Å²) in [6.07, 6.45) is -1.24. The Hall–Kier alpha value is -3.10. The number of carbonyl (C=O) groups is 4. The maximum absolute atomic E-state index is 12.2. The highest BCUT2D eigenvalue weighted by Gasteiger charge is 2.38.